The lowest BCUT2D eigenvalue weighted by molar-refractivity contribution is 0.291. The number of nitrogen functional groups attached to an aromatic ring is 1. The predicted octanol–water partition coefficient (Wildman–Crippen LogP) is 3.00. The number of rotatable bonds is 5. The number of para-hydroxylation sites is 2. The number of aromatic nitrogens is 3. The van der Waals surface area contributed by atoms with Crippen LogP contribution in [0.2, 0.25) is 0 Å². The number of fused-ring (bicyclic) bond motifs is 1. The van der Waals surface area contributed by atoms with Crippen molar-refractivity contribution in [1.82, 2.24) is 14.5 Å². The maximum absolute atomic E-state index is 5.89. The fraction of sp³-hybridized carbons (Fsp3) is 0.250. The first-order chi connectivity index (χ1) is 10.3. The Morgan fingerprint density at radius 2 is 2.05 bits per heavy atom. The summed E-state index contributed by atoms with van der Waals surface area (Å²) in [5, 5.41) is 0. The summed E-state index contributed by atoms with van der Waals surface area (Å²) in [7, 11) is 0. The summed E-state index contributed by atoms with van der Waals surface area (Å²) in [6.07, 6.45) is 2.80. The van der Waals surface area contributed by atoms with Crippen LogP contribution in [0.1, 0.15) is 19.2 Å². The van der Waals surface area contributed by atoms with E-state index in [1.807, 2.05) is 36.4 Å². The maximum atomic E-state index is 5.89. The van der Waals surface area contributed by atoms with Crippen molar-refractivity contribution >= 4 is 16.9 Å². The SMILES string of the molecule is CCCn1c(COc2ccccc2N)nc2cccnc21. The quantitative estimate of drug-likeness (QED) is 0.730. The highest BCUT2D eigenvalue weighted by Gasteiger charge is 2.11. The highest BCUT2D eigenvalue weighted by molar-refractivity contribution is 5.71. The van der Waals surface area contributed by atoms with Gasteiger partial charge >= 0.3 is 0 Å². The van der Waals surface area contributed by atoms with Gasteiger partial charge in [0.1, 0.15) is 23.7 Å². The van der Waals surface area contributed by atoms with Gasteiger partial charge in [-0.15, -0.1) is 0 Å². The van der Waals surface area contributed by atoms with E-state index in [1.165, 1.54) is 0 Å². The second kappa shape index (κ2) is 5.83. The summed E-state index contributed by atoms with van der Waals surface area (Å²) < 4.78 is 7.91. The predicted molar refractivity (Wildman–Crippen MR) is 83.0 cm³/mol. The van der Waals surface area contributed by atoms with E-state index in [1.54, 1.807) is 6.20 Å². The van der Waals surface area contributed by atoms with Crippen LogP contribution < -0.4 is 10.5 Å². The van der Waals surface area contributed by atoms with Crippen molar-refractivity contribution in [2.75, 3.05) is 5.73 Å². The minimum absolute atomic E-state index is 0.380. The zero-order valence-electron chi connectivity index (χ0n) is 12.0. The van der Waals surface area contributed by atoms with Gasteiger partial charge < -0.3 is 15.0 Å². The van der Waals surface area contributed by atoms with E-state index in [-0.39, 0.29) is 0 Å². The van der Waals surface area contributed by atoms with Crippen LogP contribution in [0.5, 0.6) is 5.75 Å². The summed E-state index contributed by atoms with van der Waals surface area (Å²) in [5.41, 5.74) is 8.32. The van der Waals surface area contributed by atoms with Gasteiger partial charge in [0.15, 0.2) is 5.65 Å². The van der Waals surface area contributed by atoms with Crippen molar-refractivity contribution in [2.24, 2.45) is 0 Å². The third-order valence-corrected chi connectivity index (χ3v) is 3.31. The van der Waals surface area contributed by atoms with Crippen LogP contribution in [0.15, 0.2) is 42.6 Å². The van der Waals surface area contributed by atoms with Crippen LogP contribution >= 0.6 is 0 Å². The van der Waals surface area contributed by atoms with Crippen molar-refractivity contribution in [2.45, 2.75) is 26.5 Å². The van der Waals surface area contributed by atoms with Crippen LogP contribution in [0.4, 0.5) is 5.69 Å². The molecule has 3 aromatic rings. The number of hydrogen-bond acceptors (Lipinski definition) is 4. The summed E-state index contributed by atoms with van der Waals surface area (Å²) in [4.78, 5) is 9.02. The first-order valence-corrected chi connectivity index (χ1v) is 7.07. The van der Waals surface area contributed by atoms with Crippen LogP contribution in [-0.2, 0) is 13.2 Å². The molecule has 5 heteroatoms. The number of ether oxygens (including phenoxy) is 1. The molecule has 0 aliphatic heterocycles. The Morgan fingerprint density at radius 3 is 2.86 bits per heavy atom. The molecule has 0 saturated carbocycles. The van der Waals surface area contributed by atoms with Crippen molar-refractivity contribution in [3.63, 3.8) is 0 Å². The molecule has 0 atom stereocenters. The monoisotopic (exact) mass is 282 g/mol. The molecule has 2 aromatic heterocycles. The molecular weight excluding hydrogens is 264 g/mol. The van der Waals surface area contributed by atoms with E-state index < -0.39 is 0 Å². The van der Waals surface area contributed by atoms with Crippen molar-refractivity contribution in [3.05, 3.63) is 48.4 Å². The fourth-order valence-electron chi connectivity index (χ4n) is 2.33. The van der Waals surface area contributed by atoms with E-state index in [0.29, 0.717) is 18.0 Å². The Kier molecular flexibility index (Phi) is 3.73. The molecule has 0 aliphatic rings. The lowest BCUT2D eigenvalue weighted by atomic mass is 10.3. The normalized spacial score (nSPS) is 10.9. The minimum Gasteiger partial charge on any atom is -0.484 e. The Hall–Kier alpha value is -2.56. The molecule has 0 radical (unpaired) electrons. The zero-order valence-corrected chi connectivity index (χ0v) is 12.0. The Bertz CT molecular complexity index is 751. The average Bonchev–Trinajstić information content (AvgIpc) is 2.85. The molecule has 2 heterocycles. The topological polar surface area (TPSA) is 66.0 Å². The van der Waals surface area contributed by atoms with E-state index in [2.05, 4.69) is 21.5 Å². The lowest BCUT2D eigenvalue weighted by Gasteiger charge is -2.10. The molecule has 0 amide bonds. The summed E-state index contributed by atoms with van der Waals surface area (Å²) in [5.74, 6) is 1.55. The van der Waals surface area contributed by atoms with Crippen molar-refractivity contribution < 1.29 is 4.74 Å². The zero-order chi connectivity index (χ0) is 14.7. The van der Waals surface area contributed by atoms with E-state index in [4.69, 9.17) is 10.5 Å². The maximum Gasteiger partial charge on any atom is 0.160 e. The third kappa shape index (κ3) is 2.67. The second-order valence-electron chi connectivity index (χ2n) is 4.85. The number of nitrogens with zero attached hydrogens (tertiary/aromatic N) is 3. The molecule has 108 valence electrons. The van der Waals surface area contributed by atoms with E-state index in [0.717, 1.165) is 30.0 Å². The van der Waals surface area contributed by atoms with Gasteiger partial charge in [0.25, 0.3) is 0 Å². The molecule has 0 unspecified atom stereocenters. The number of imidazole rings is 1. The van der Waals surface area contributed by atoms with Gasteiger partial charge in [0, 0.05) is 12.7 Å². The van der Waals surface area contributed by atoms with E-state index >= 15 is 0 Å². The number of benzene rings is 1. The molecule has 0 fully saturated rings. The minimum atomic E-state index is 0.380. The van der Waals surface area contributed by atoms with Crippen molar-refractivity contribution in [1.29, 1.82) is 0 Å². The summed E-state index contributed by atoms with van der Waals surface area (Å²) >= 11 is 0. The Morgan fingerprint density at radius 1 is 1.19 bits per heavy atom. The van der Waals surface area contributed by atoms with Gasteiger partial charge in [0.2, 0.25) is 0 Å². The Labute approximate surface area is 123 Å². The van der Waals surface area contributed by atoms with Gasteiger partial charge in [-0.25, -0.2) is 9.97 Å². The van der Waals surface area contributed by atoms with E-state index in [9.17, 15) is 0 Å². The lowest BCUT2D eigenvalue weighted by Crippen LogP contribution is -2.08. The molecular formula is C16H18N4O. The number of hydrogen-bond donors (Lipinski definition) is 1. The van der Waals surface area contributed by atoms with Gasteiger partial charge in [0.05, 0.1) is 5.69 Å². The summed E-state index contributed by atoms with van der Waals surface area (Å²) in [6.45, 7) is 3.38. The molecule has 0 aliphatic carbocycles. The van der Waals surface area contributed by atoms with Gasteiger partial charge in [-0.2, -0.15) is 0 Å². The molecule has 3 rings (SSSR count). The average molecular weight is 282 g/mol. The molecule has 0 bridgehead atoms. The molecule has 0 saturated heterocycles. The van der Waals surface area contributed by atoms with Gasteiger partial charge in [-0.3, -0.25) is 0 Å². The second-order valence-corrected chi connectivity index (χ2v) is 4.85. The molecule has 5 nitrogen and oxygen atoms in total. The molecule has 2 N–H and O–H groups in total. The van der Waals surface area contributed by atoms with Crippen LogP contribution in [-0.4, -0.2) is 14.5 Å². The Balaban J connectivity index is 1.89. The first kappa shape index (κ1) is 13.4. The van der Waals surface area contributed by atoms with Crippen molar-refractivity contribution in [3.8, 4) is 5.75 Å². The molecule has 0 spiro atoms. The summed E-state index contributed by atoms with van der Waals surface area (Å²) in [6, 6.07) is 11.3. The number of anilines is 1. The fourth-order valence-corrected chi connectivity index (χ4v) is 2.33. The van der Waals surface area contributed by atoms with Gasteiger partial charge in [-0.1, -0.05) is 19.1 Å². The smallest absolute Gasteiger partial charge is 0.160 e. The largest absolute Gasteiger partial charge is 0.484 e. The van der Waals surface area contributed by atoms with Crippen LogP contribution in [0.25, 0.3) is 11.2 Å². The standard InChI is InChI=1S/C16H18N4O/c1-2-10-20-15(19-13-7-5-9-18-16(13)20)11-21-14-8-4-3-6-12(14)17/h3-9H,2,10-11,17H2,1H3. The first-order valence-electron chi connectivity index (χ1n) is 7.07. The molecule has 21 heavy (non-hydrogen) atoms. The molecule has 1 aromatic carbocycles. The number of aryl methyl sites for hydroxylation is 1. The van der Waals surface area contributed by atoms with Crippen LogP contribution in [0.3, 0.4) is 0 Å². The van der Waals surface area contributed by atoms with Gasteiger partial charge in [-0.05, 0) is 30.7 Å². The number of pyridine rings is 1. The highest BCUT2D eigenvalue weighted by Crippen LogP contribution is 2.22. The third-order valence-electron chi connectivity index (χ3n) is 3.31. The highest BCUT2D eigenvalue weighted by atomic mass is 16.5. The van der Waals surface area contributed by atoms with Crippen LogP contribution in [0, 0.1) is 0 Å². The number of nitrogens with two attached hydrogens (primary N) is 1.